The molecule has 0 saturated heterocycles. The van der Waals surface area contributed by atoms with Crippen molar-refractivity contribution in [1.29, 1.82) is 0 Å². The summed E-state index contributed by atoms with van der Waals surface area (Å²) in [5.41, 5.74) is 0.998. The van der Waals surface area contributed by atoms with Gasteiger partial charge in [-0.2, -0.15) is 13.2 Å². The summed E-state index contributed by atoms with van der Waals surface area (Å²) in [5, 5.41) is 0. The molecule has 3 rings (SSSR count). The number of halogens is 3. The highest BCUT2D eigenvalue weighted by molar-refractivity contribution is 5.91. The number of alkyl halides is 3. The fraction of sp³-hybridized carbons (Fsp3) is 0.350. The summed E-state index contributed by atoms with van der Waals surface area (Å²) in [5.74, 6) is 0.212. The van der Waals surface area contributed by atoms with Gasteiger partial charge in [-0.1, -0.05) is 13.8 Å². The molecule has 0 amide bonds. The van der Waals surface area contributed by atoms with Gasteiger partial charge in [-0.3, -0.25) is 0 Å². The highest BCUT2D eigenvalue weighted by Crippen LogP contribution is 2.42. The van der Waals surface area contributed by atoms with Crippen molar-refractivity contribution < 1.29 is 27.4 Å². The molecule has 0 saturated carbocycles. The second kappa shape index (κ2) is 7.13. The van der Waals surface area contributed by atoms with E-state index in [-0.39, 0.29) is 12.0 Å². The van der Waals surface area contributed by atoms with E-state index in [4.69, 9.17) is 9.47 Å². The number of esters is 1. The predicted octanol–water partition coefficient (Wildman–Crippen LogP) is 5.05. The summed E-state index contributed by atoms with van der Waals surface area (Å²) < 4.78 is 49.2. The molecule has 27 heavy (non-hydrogen) atoms. The Kier molecular flexibility index (Phi) is 5.04. The molecule has 0 spiro atoms. The van der Waals surface area contributed by atoms with Gasteiger partial charge in [-0.25, -0.2) is 4.79 Å². The molecule has 0 radical (unpaired) electrons. The van der Waals surface area contributed by atoms with Crippen LogP contribution in [0.4, 0.5) is 24.5 Å². The van der Waals surface area contributed by atoms with Crippen molar-refractivity contribution >= 4 is 17.3 Å². The number of hydrogen-bond acceptors (Lipinski definition) is 4. The lowest BCUT2D eigenvalue weighted by Crippen LogP contribution is -2.43. The number of methoxy groups -OCH3 is 1. The van der Waals surface area contributed by atoms with Gasteiger partial charge in [0.2, 0.25) is 0 Å². The molecule has 0 aromatic heterocycles. The zero-order chi connectivity index (χ0) is 19.8. The van der Waals surface area contributed by atoms with Crippen LogP contribution in [0.25, 0.3) is 0 Å². The number of anilines is 2. The standard InChI is InChI=1S/C20H20F3NO3/c1-12(2)17-11-27-18-10-13(19(25)26-3)4-9-16(18)24(17)15-7-5-14(6-8-15)20(21,22)23/h4-10,12,17H,11H2,1-3H3. The molecule has 1 aliphatic rings. The Morgan fingerprint density at radius 1 is 1.19 bits per heavy atom. The Hall–Kier alpha value is -2.70. The number of hydrogen-bond donors (Lipinski definition) is 0. The molecule has 144 valence electrons. The first-order valence-corrected chi connectivity index (χ1v) is 8.54. The molecule has 1 atom stereocenters. The van der Waals surface area contributed by atoms with Gasteiger partial charge in [-0.05, 0) is 48.4 Å². The Bertz CT molecular complexity index is 831. The highest BCUT2D eigenvalue weighted by atomic mass is 19.4. The van der Waals surface area contributed by atoms with Crippen molar-refractivity contribution in [3.05, 3.63) is 53.6 Å². The molecule has 1 heterocycles. The Labute approximate surface area is 155 Å². The van der Waals surface area contributed by atoms with Crippen LogP contribution in [-0.2, 0) is 10.9 Å². The first-order valence-electron chi connectivity index (χ1n) is 8.54. The summed E-state index contributed by atoms with van der Waals surface area (Å²) in [6.45, 7) is 4.41. The number of benzene rings is 2. The number of nitrogens with zero attached hydrogens (tertiary/aromatic N) is 1. The van der Waals surface area contributed by atoms with Crippen molar-refractivity contribution in [2.75, 3.05) is 18.6 Å². The fourth-order valence-electron chi connectivity index (χ4n) is 3.13. The van der Waals surface area contributed by atoms with E-state index < -0.39 is 17.7 Å². The van der Waals surface area contributed by atoms with E-state index in [1.165, 1.54) is 19.2 Å². The van der Waals surface area contributed by atoms with Crippen LogP contribution in [-0.4, -0.2) is 25.7 Å². The Morgan fingerprint density at radius 3 is 2.41 bits per heavy atom. The van der Waals surface area contributed by atoms with E-state index in [0.717, 1.165) is 12.1 Å². The number of rotatable bonds is 3. The lowest BCUT2D eigenvalue weighted by Gasteiger charge is -2.41. The van der Waals surface area contributed by atoms with E-state index in [0.29, 0.717) is 29.3 Å². The zero-order valence-electron chi connectivity index (χ0n) is 15.2. The molecule has 7 heteroatoms. The lowest BCUT2D eigenvalue weighted by atomic mass is 9.98. The maximum atomic E-state index is 12.9. The molecule has 0 fully saturated rings. The van der Waals surface area contributed by atoms with Gasteiger partial charge in [-0.15, -0.1) is 0 Å². The van der Waals surface area contributed by atoms with Crippen LogP contribution in [0.15, 0.2) is 42.5 Å². The summed E-state index contributed by atoms with van der Waals surface area (Å²) in [4.78, 5) is 13.7. The molecule has 1 unspecified atom stereocenters. The summed E-state index contributed by atoms with van der Waals surface area (Å²) >= 11 is 0. The molecule has 2 aromatic rings. The SMILES string of the molecule is COC(=O)c1ccc2c(c1)OCC(C(C)C)N2c1ccc(C(F)(F)F)cc1. The topological polar surface area (TPSA) is 38.8 Å². The second-order valence-corrected chi connectivity index (χ2v) is 6.71. The van der Waals surface area contributed by atoms with Crippen LogP contribution in [0.3, 0.4) is 0 Å². The first-order chi connectivity index (χ1) is 12.7. The van der Waals surface area contributed by atoms with Gasteiger partial charge in [0, 0.05) is 5.69 Å². The quantitative estimate of drug-likeness (QED) is 0.700. The van der Waals surface area contributed by atoms with E-state index in [9.17, 15) is 18.0 Å². The maximum absolute atomic E-state index is 12.9. The fourth-order valence-corrected chi connectivity index (χ4v) is 3.13. The smallest absolute Gasteiger partial charge is 0.416 e. The Morgan fingerprint density at radius 2 is 1.85 bits per heavy atom. The highest BCUT2D eigenvalue weighted by Gasteiger charge is 2.33. The molecule has 0 aliphatic carbocycles. The molecule has 0 N–H and O–H groups in total. The largest absolute Gasteiger partial charge is 0.489 e. The predicted molar refractivity (Wildman–Crippen MR) is 95.5 cm³/mol. The van der Waals surface area contributed by atoms with Crippen molar-refractivity contribution in [2.24, 2.45) is 5.92 Å². The Balaban J connectivity index is 2.05. The van der Waals surface area contributed by atoms with Crippen LogP contribution in [0.2, 0.25) is 0 Å². The van der Waals surface area contributed by atoms with Crippen LogP contribution in [0.5, 0.6) is 5.75 Å². The molecule has 0 bridgehead atoms. The third-order valence-electron chi connectivity index (χ3n) is 4.62. The molecular formula is C20H20F3NO3. The van der Waals surface area contributed by atoms with Crippen molar-refractivity contribution in [2.45, 2.75) is 26.1 Å². The first kappa shape index (κ1) is 19.1. The summed E-state index contributed by atoms with van der Waals surface area (Å²) in [7, 11) is 1.30. The minimum absolute atomic E-state index is 0.0572. The average molecular weight is 379 g/mol. The van der Waals surface area contributed by atoms with Gasteiger partial charge >= 0.3 is 12.1 Å². The van der Waals surface area contributed by atoms with Gasteiger partial charge in [0.25, 0.3) is 0 Å². The van der Waals surface area contributed by atoms with Crippen LogP contribution >= 0.6 is 0 Å². The van der Waals surface area contributed by atoms with E-state index in [1.54, 1.807) is 18.2 Å². The van der Waals surface area contributed by atoms with E-state index >= 15 is 0 Å². The summed E-state index contributed by atoms with van der Waals surface area (Å²) in [6.07, 6.45) is -4.38. The zero-order valence-corrected chi connectivity index (χ0v) is 15.2. The van der Waals surface area contributed by atoms with E-state index in [1.807, 2.05) is 18.7 Å². The molecule has 4 nitrogen and oxygen atoms in total. The van der Waals surface area contributed by atoms with Crippen molar-refractivity contribution in [1.82, 2.24) is 0 Å². The van der Waals surface area contributed by atoms with Crippen LogP contribution in [0.1, 0.15) is 29.8 Å². The number of carbonyl (C=O) groups is 1. The number of ether oxygens (including phenoxy) is 2. The third-order valence-corrected chi connectivity index (χ3v) is 4.62. The molecule has 2 aromatic carbocycles. The third kappa shape index (κ3) is 3.72. The molecular weight excluding hydrogens is 359 g/mol. The minimum atomic E-state index is -4.38. The van der Waals surface area contributed by atoms with E-state index in [2.05, 4.69) is 0 Å². The van der Waals surface area contributed by atoms with Crippen LogP contribution in [0, 0.1) is 5.92 Å². The normalized spacial score (nSPS) is 16.7. The number of carbonyl (C=O) groups excluding carboxylic acids is 1. The number of fused-ring (bicyclic) bond motifs is 1. The van der Waals surface area contributed by atoms with Crippen molar-refractivity contribution in [3.63, 3.8) is 0 Å². The van der Waals surface area contributed by atoms with Gasteiger partial charge in [0.05, 0.1) is 30.0 Å². The van der Waals surface area contributed by atoms with Crippen molar-refractivity contribution in [3.8, 4) is 5.75 Å². The van der Waals surface area contributed by atoms with Gasteiger partial charge < -0.3 is 14.4 Å². The lowest BCUT2D eigenvalue weighted by molar-refractivity contribution is -0.137. The van der Waals surface area contributed by atoms with Crippen LogP contribution < -0.4 is 9.64 Å². The summed E-state index contributed by atoms with van der Waals surface area (Å²) in [6, 6.07) is 9.95. The minimum Gasteiger partial charge on any atom is -0.489 e. The average Bonchev–Trinajstić information content (AvgIpc) is 2.65. The molecule has 1 aliphatic heterocycles. The maximum Gasteiger partial charge on any atom is 0.416 e. The van der Waals surface area contributed by atoms with Gasteiger partial charge in [0.15, 0.2) is 0 Å². The van der Waals surface area contributed by atoms with Gasteiger partial charge in [0.1, 0.15) is 12.4 Å². The second-order valence-electron chi connectivity index (χ2n) is 6.71. The monoisotopic (exact) mass is 379 g/mol.